The molecule has 16 heavy (non-hydrogen) atoms. The molecule has 0 saturated heterocycles. The number of carbonyl (C=O) groups is 1. The first-order chi connectivity index (χ1) is 7.63. The van der Waals surface area contributed by atoms with Gasteiger partial charge in [-0.15, -0.1) is 0 Å². The number of hydrogen-bond acceptors (Lipinski definition) is 4. The number of carbonyl (C=O) groups excluding carboxylic acids is 1. The van der Waals surface area contributed by atoms with Crippen molar-refractivity contribution in [2.45, 2.75) is 46.1 Å². The Morgan fingerprint density at radius 3 is 2.69 bits per heavy atom. The molecule has 0 saturated carbocycles. The Morgan fingerprint density at radius 1 is 1.50 bits per heavy atom. The predicted molar refractivity (Wildman–Crippen MR) is 69.7 cm³/mol. The summed E-state index contributed by atoms with van der Waals surface area (Å²) in [6.07, 6.45) is 3.92. The third kappa shape index (κ3) is 2.82. The second-order valence-electron chi connectivity index (χ2n) is 4.04. The van der Waals surface area contributed by atoms with E-state index in [0.29, 0.717) is 6.04 Å². The van der Waals surface area contributed by atoms with Crippen LogP contribution in [0.4, 0.5) is 5.13 Å². The van der Waals surface area contributed by atoms with Crippen molar-refractivity contribution in [1.29, 1.82) is 0 Å². The highest BCUT2D eigenvalue weighted by molar-refractivity contribution is 7.17. The second kappa shape index (κ2) is 5.99. The van der Waals surface area contributed by atoms with Crippen molar-refractivity contribution >= 4 is 22.8 Å². The van der Waals surface area contributed by atoms with Crippen LogP contribution in [-0.2, 0) is 6.42 Å². The maximum absolute atomic E-state index is 10.9. The highest BCUT2D eigenvalue weighted by atomic mass is 32.1. The van der Waals surface area contributed by atoms with Gasteiger partial charge < -0.3 is 4.90 Å². The summed E-state index contributed by atoms with van der Waals surface area (Å²) < 4.78 is 0. The van der Waals surface area contributed by atoms with E-state index in [9.17, 15) is 4.79 Å². The lowest BCUT2D eigenvalue weighted by Crippen LogP contribution is -2.27. The lowest BCUT2D eigenvalue weighted by Gasteiger charge is -2.22. The van der Waals surface area contributed by atoms with Crippen LogP contribution in [0.15, 0.2) is 0 Å². The largest absolute Gasteiger partial charge is 0.348 e. The topological polar surface area (TPSA) is 33.2 Å². The summed E-state index contributed by atoms with van der Waals surface area (Å²) >= 11 is 1.50. The van der Waals surface area contributed by atoms with Crippen molar-refractivity contribution < 1.29 is 4.79 Å². The molecule has 0 amide bonds. The number of aryl methyl sites for hydroxylation is 1. The van der Waals surface area contributed by atoms with E-state index in [4.69, 9.17) is 0 Å². The lowest BCUT2D eigenvalue weighted by molar-refractivity contribution is 0.112. The highest BCUT2D eigenvalue weighted by Gasteiger charge is 2.15. The van der Waals surface area contributed by atoms with E-state index in [1.165, 1.54) is 11.3 Å². The molecule has 0 aliphatic carbocycles. The van der Waals surface area contributed by atoms with E-state index in [2.05, 4.69) is 30.7 Å². The number of nitrogens with zero attached hydrogens (tertiary/aromatic N) is 2. The number of hydrogen-bond donors (Lipinski definition) is 0. The first-order valence-electron chi connectivity index (χ1n) is 5.81. The van der Waals surface area contributed by atoms with Gasteiger partial charge in [-0.05, 0) is 19.8 Å². The van der Waals surface area contributed by atoms with Gasteiger partial charge in [-0.3, -0.25) is 4.79 Å². The Labute approximate surface area is 101 Å². The predicted octanol–water partition coefficient (Wildman–Crippen LogP) is 3.14. The van der Waals surface area contributed by atoms with Crippen molar-refractivity contribution in [2.24, 2.45) is 0 Å². The molecule has 0 spiro atoms. The Morgan fingerprint density at radius 2 is 2.19 bits per heavy atom. The van der Waals surface area contributed by atoms with Crippen LogP contribution in [0.3, 0.4) is 0 Å². The van der Waals surface area contributed by atoms with Crippen LogP contribution >= 0.6 is 11.3 Å². The van der Waals surface area contributed by atoms with Crippen molar-refractivity contribution in [3.63, 3.8) is 0 Å². The first-order valence-corrected chi connectivity index (χ1v) is 6.63. The quantitative estimate of drug-likeness (QED) is 0.716. The average Bonchev–Trinajstić information content (AvgIpc) is 2.70. The van der Waals surface area contributed by atoms with Gasteiger partial charge >= 0.3 is 0 Å². The molecule has 3 nitrogen and oxygen atoms in total. The summed E-state index contributed by atoms with van der Waals surface area (Å²) in [7, 11) is 2.04. The monoisotopic (exact) mass is 240 g/mol. The zero-order chi connectivity index (χ0) is 12.1. The number of aldehydes is 1. The van der Waals surface area contributed by atoms with E-state index in [-0.39, 0.29) is 0 Å². The number of aromatic nitrogens is 1. The molecule has 1 rings (SSSR count). The minimum absolute atomic E-state index is 0.458. The Bertz CT molecular complexity index is 349. The molecule has 1 aromatic rings. The molecule has 0 aliphatic heterocycles. The Hall–Kier alpha value is -0.900. The maximum Gasteiger partial charge on any atom is 0.186 e. The van der Waals surface area contributed by atoms with Gasteiger partial charge in [0.25, 0.3) is 0 Å². The number of rotatable bonds is 6. The van der Waals surface area contributed by atoms with Crippen LogP contribution in [0, 0.1) is 0 Å². The van der Waals surface area contributed by atoms with Crippen LogP contribution in [0.1, 0.15) is 49.0 Å². The molecule has 1 atom stereocenters. The van der Waals surface area contributed by atoms with Crippen LogP contribution in [0.25, 0.3) is 0 Å². The molecular weight excluding hydrogens is 220 g/mol. The minimum Gasteiger partial charge on any atom is -0.348 e. The summed E-state index contributed by atoms with van der Waals surface area (Å²) in [4.78, 5) is 18.4. The molecule has 0 aliphatic rings. The fraction of sp³-hybridized carbons (Fsp3) is 0.667. The van der Waals surface area contributed by atoms with Gasteiger partial charge in [0.15, 0.2) is 11.4 Å². The molecule has 1 aromatic heterocycles. The Kier molecular flexibility index (Phi) is 4.93. The van der Waals surface area contributed by atoms with Gasteiger partial charge in [0.1, 0.15) is 0 Å². The average molecular weight is 240 g/mol. The minimum atomic E-state index is 0.458. The number of thiazole rings is 1. The molecule has 0 N–H and O–H groups in total. The summed E-state index contributed by atoms with van der Waals surface area (Å²) in [6.45, 7) is 6.43. The smallest absolute Gasteiger partial charge is 0.186 e. The van der Waals surface area contributed by atoms with E-state index in [1.807, 2.05) is 7.05 Å². The molecule has 90 valence electrons. The zero-order valence-electron chi connectivity index (χ0n) is 10.5. The van der Waals surface area contributed by atoms with Crippen LogP contribution in [0.5, 0.6) is 0 Å². The van der Waals surface area contributed by atoms with Gasteiger partial charge in [-0.1, -0.05) is 31.6 Å². The fourth-order valence-electron chi connectivity index (χ4n) is 1.47. The molecule has 1 heterocycles. The fourth-order valence-corrected chi connectivity index (χ4v) is 2.46. The van der Waals surface area contributed by atoms with Crippen molar-refractivity contribution in [3.05, 3.63) is 10.6 Å². The number of anilines is 1. The Balaban J connectivity index is 2.93. The van der Waals surface area contributed by atoms with E-state index >= 15 is 0 Å². The summed E-state index contributed by atoms with van der Waals surface area (Å²) in [6, 6.07) is 0.458. The van der Waals surface area contributed by atoms with Crippen molar-refractivity contribution in [3.8, 4) is 0 Å². The van der Waals surface area contributed by atoms with Crippen molar-refractivity contribution in [1.82, 2.24) is 4.98 Å². The molecule has 0 fully saturated rings. The summed E-state index contributed by atoms with van der Waals surface area (Å²) in [5.74, 6) is 0. The molecule has 1 unspecified atom stereocenters. The normalized spacial score (nSPS) is 12.5. The third-order valence-electron chi connectivity index (χ3n) is 2.86. The molecule has 4 heteroatoms. The van der Waals surface area contributed by atoms with E-state index in [1.54, 1.807) is 0 Å². The van der Waals surface area contributed by atoms with Gasteiger partial charge in [0.05, 0.1) is 10.6 Å². The molecule has 0 radical (unpaired) electrons. The first kappa shape index (κ1) is 13.2. The standard InChI is InChI=1S/C12H20N2OS/c1-5-7-10-11(8-15)16-12(13-10)14(4)9(3)6-2/h8-9H,5-7H2,1-4H3. The zero-order valence-corrected chi connectivity index (χ0v) is 11.3. The van der Waals surface area contributed by atoms with Crippen LogP contribution in [0.2, 0.25) is 0 Å². The highest BCUT2D eigenvalue weighted by Crippen LogP contribution is 2.26. The summed E-state index contributed by atoms with van der Waals surface area (Å²) in [5, 5.41) is 0.958. The molecule has 0 aromatic carbocycles. The van der Waals surface area contributed by atoms with E-state index in [0.717, 1.165) is 41.3 Å². The third-order valence-corrected chi connectivity index (χ3v) is 3.98. The van der Waals surface area contributed by atoms with Gasteiger partial charge in [-0.25, -0.2) is 4.98 Å². The van der Waals surface area contributed by atoms with Gasteiger partial charge in [0.2, 0.25) is 0 Å². The van der Waals surface area contributed by atoms with E-state index < -0.39 is 0 Å². The SMILES string of the molecule is CCCc1nc(N(C)C(C)CC)sc1C=O. The van der Waals surface area contributed by atoms with Crippen LogP contribution in [-0.4, -0.2) is 24.4 Å². The van der Waals surface area contributed by atoms with Gasteiger partial charge in [0, 0.05) is 13.1 Å². The molecule has 0 bridgehead atoms. The lowest BCUT2D eigenvalue weighted by atomic mass is 10.2. The molecular formula is C12H20N2OS. The second-order valence-corrected chi connectivity index (χ2v) is 5.05. The van der Waals surface area contributed by atoms with Crippen LogP contribution < -0.4 is 4.90 Å². The summed E-state index contributed by atoms with van der Waals surface area (Å²) in [5.41, 5.74) is 0.952. The van der Waals surface area contributed by atoms with Crippen molar-refractivity contribution in [2.75, 3.05) is 11.9 Å². The van der Waals surface area contributed by atoms with Gasteiger partial charge in [-0.2, -0.15) is 0 Å². The maximum atomic E-state index is 10.9.